The van der Waals surface area contributed by atoms with Gasteiger partial charge in [0, 0.05) is 11.4 Å². The van der Waals surface area contributed by atoms with Gasteiger partial charge in [-0.15, -0.1) is 0 Å². The van der Waals surface area contributed by atoms with Crippen molar-refractivity contribution < 1.29 is 13.2 Å². The summed E-state index contributed by atoms with van der Waals surface area (Å²) < 4.78 is 25.0. The van der Waals surface area contributed by atoms with Crippen molar-refractivity contribution in [2.75, 3.05) is 16.3 Å². The molecule has 0 fully saturated rings. The first-order chi connectivity index (χ1) is 11.8. The van der Waals surface area contributed by atoms with Crippen LogP contribution in [0, 0.1) is 0 Å². The summed E-state index contributed by atoms with van der Waals surface area (Å²) >= 11 is 6.07. The van der Waals surface area contributed by atoms with Crippen molar-refractivity contribution in [3.8, 4) is 0 Å². The molecule has 134 valence electrons. The lowest BCUT2D eigenvalue weighted by Crippen LogP contribution is -2.14. The summed E-state index contributed by atoms with van der Waals surface area (Å²) in [5.41, 5.74) is 2.36. The highest BCUT2D eigenvalue weighted by molar-refractivity contribution is 7.92. The topological polar surface area (TPSA) is 75.3 Å². The molecule has 0 atom stereocenters. The maximum atomic E-state index is 12.4. The molecule has 0 heterocycles. The highest BCUT2D eigenvalue weighted by Gasteiger charge is 2.13. The molecule has 0 aliphatic heterocycles. The van der Waals surface area contributed by atoms with Crippen molar-refractivity contribution >= 4 is 38.9 Å². The third-order valence-electron chi connectivity index (χ3n) is 3.55. The van der Waals surface area contributed by atoms with Crippen LogP contribution >= 0.6 is 11.6 Å². The van der Waals surface area contributed by atoms with Gasteiger partial charge in [0.2, 0.25) is 10.0 Å². The number of nitrogens with one attached hydrogen (secondary N) is 2. The molecule has 0 aromatic heterocycles. The normalized spacial score (nSPS) is 11.2. The average molecular weight is 381 g/mol. The van der Waals surface area contributed by atoms with E-state index >= 15 is 0 Å². The molecule has 0 saturated carbocycles. The Hall–Kier alpha value is -2.05. The quantitative estimate of drug-likeness (QED) is 0.751. The molecule has 0 aliphatic carbocycles. The van der Waals surface area contributed by atoms with E-state index < -0.39 is 15.9 Å². The highest BCUT2D eigenvalue weighted by atomic mass is 35.5. The van der Waals surface area contributed by atoms with E-state index in [4.69, 9.17) is 11.6 Å². The minimum Gasteiger partial charge on any atom is -0.322 e. The van der Waals surface area contributed by atoms with Gasteiger partial charge >= 0.3 is 0 Å². The SMILES string of the molecule is CCCCc1ccc(NC(=O)c2cc(NS(C)(=O)=O)ccc2Cl)cc1. The number of carbonyl (C=O) groups excluding carboxylic acids is 1. The fourth-order valence-electron chi connectivity index (χ4n) is 2.31. The Balaban J connectivity index is 2.13. The number of benzene rings is 2. The number of carbonyl (C=O) groups is 1. The molecule has 0 spiro atoms. The number of anilines is 2. The van der Waals surface area contributed by atoms with Gasteiger partial charge in [0.25, 0.3) is 5.91 Å². The van der Waals surface area contributed by atoms with E-state index in [-0.39, 0.29) is 16.3 Å². The molecule has 0 aliphatic rings. The monoisotopic (exact) mass is 380 g/mol. The number of rotatable bonds is 7. The zero-order valence-corrected chi connectivity index (χ0v) is 15.7. The van der Waals surface area contributed by atoms with Crippen LogP contribution in [0.15, 0.2) is 42.5 Å². The molecular weight excluding hydrogens is 360 g/mol. The van der Waals surface area contributed by atoms with E-state index in [1.54, 1.807) is 0 Å². The summed E-state index contributed by atoms with van der Waals surface area (Å²) in [5.74, 6) is -0.400. The first kappa shape index (κ1) is 19.3. The zero-order valence-electron chi connectivity index (χ0n) is 14.2. The second kappa shape index (κ2) is 8.36. The molecule has 2 aromatic rings. The summed E-state index contributed by atoms with van der Waals surface area (Å²) in [4.78, 5) is 12.4. The number of hydrogen-bond donors (Lipinski definition) is 2. The summed E-state index contributed by atoms with van der Waals surface area (Å²) in [6, 6.07) is 12.0. The summed E-state index contributed by atoms with van der Waals surface area (Å²) in [6.45, 7) is 2.14. The molecule has 2 aromatic carbocycles. The molecule has 25 heavy (non-hydrogen) atoms. The van der Waals surface area contributed by atoms with E-state index in [1.807, 2.05) is 24.3 Å². The van der Waals surface area contributed by atoms with Crippen molar-refractivity contribution in [3.63, 3.8) is 0 Å². The lowest BCUT2D eigenvalue weighted by atomic mass is 10.1. The van der Waals surface area contributed by atoms with Crippen LogP contribution < -0.4 is 10.0 Å². The Morgan fingerprint density at radius 3 is 2.32 bits per heavy atom. The first-order valence-electron chi connectivity index (χ1n) is 7.96. The van der Waals surface area contributed by atoms with Gasteiger partial charge in [-0.25, -0.2) is 8.42 Å². The lowest BCUT2D eigenvalue weighted by molar-refractivity contribution is 0.102. The highest BCUT2D eigenvalue weighted by Crippen LogP contribution is 2.23. The minimum absolute atomic E-state index is 0.199. The van der Waals surface area contributed by atoms with Crippen LogP contribution in [-0.2, 0) is 16.4 Å². The van der Waals surface area contributed by atoms with E-state index in [0.29, 0.717) is 5.69 Å². The lowest BCUT2D eigenvalue weighted by Gasteiger charge is -2.10. The fourth-order valence-corrected chi connectivity index (χ4v) is 3.07. The zero-order chi connectivity index (χ0) is 18.4. The van der Waals surface area contributed by atoms with E-state index in [1.165, 1.54) is 23.8 Å². The molecule has 1 amide bonds. The van der Waals surface area contributed by atoms with Crippen LogP contribution in [-0.4, -0.2) is 20.6 Å². The number of sulfonamides is 1. The van der Waals surface area contributed by atoms with Gasteiger partial charge < -0.3 is 5.32 Å². The summed E-state index contributed by atoms with van der Waals surface area (Å²) in [5, 5.41) is 3.02. The predicted molar refractivity (Wildman–Crippen MR) is 103 cm³/mol. The van der Waals surface area contributed by atoms with E-state index in [9.17, 15) is 13.2 Å². The van der Waals surface area contributed by atoms with E-state index in [0.717, 1.165) is 25.5 Å². The molecule has 0 unspecified atom stereocenters. The molecular formula is C18H21ClN2O3S. The maximum absolute atomic E-state index is 12.4. The van der Waals surface area contributed by atoms with Gasteiger partial charge in [0.1, 0.15) is 0 Å². The van der Waals surface area contributed by atoms with Crippen LogP contribution in [0.5, 0.6) is 0 Å². The smallest absolute Gasteiger partial charge is 0.257 e. The van der Waals surface area contributed by atoms with Crippen LogP contribution in [0.4, 0.5) is 11.4 Å². The van der Waals surface area contributed by atoms with Crippen molar-refractivity contribution in [1.29, 1.82) is 0 Å². The Morgan fingerprint density at radius 2 is 1.72 bits per heavy atom. The maximum Gasteiger partial charge on any atom is 0.257 e. The second-order valence-electron chi connectivity index (χ2n) is 5.82. The van der Waals surface area contributed by atoms with E-state index in [2.05, 4.69) is 17.0 Å². The molecule has 2 rings (SSSR count). The fraction of sp³-hybridized carbons (Fsp3) is 0.278. The Kier molecular flexibility index (Phi) is 6.45. The van der Waals surface area contributed by atoms with Gasteiger partial charge in [0.05, 0.1) is 16.8 Å². The molecule has 5 nitrogen and oxygen atoms in total. The number of amides is 1. The minimum atomic E-state index is -3.43. The number of aryl methyl sites for hydroxylation is 1. The first-order valence-corrected chi connectivity index (χ1v) is 10.2. The summed E-state index contributed by atoms with van der Waals surface area (Å²) in [7, 11) is -3.43. The summed E-state index contributed by atoms with van der Waals surface area (Å²) in [6.07, 6.45) is 4.31. The Labute approximate surface area is 153 Å². The van der Waals surface area contributed by atoms with Gasteiger partial charge in [-0.05, 0) is 48.7 Å². The Bertz CT molecular complexity index is 849. The third-order valence-corrected chi connectivity index (χ3v) is 4.48. The van der Waals surface area contributed by atoms with Gasteiger partial charge in [0.15, 0.2) is 0 Å². The van der Waals surface area contributed by atoms with Crippen molar-refractivity contribution in [2.45, 2.75) is 26.2 Å². The predicted octanol–water partition coefficient (Wildman–Crippen LogP) is 4.31. The van der Waals surface area contributed by atoms with Crippen molar-refractivity contribution in [1.82, 2.24) is 0 Å². The number of hydrogen-bond acceptors (Lipinski definition) is 3. The average Bonchev–Trinajstić information content (AvgIpc) is 2.54. The number of unbranched alkanes of at least 4 members (excludes halogenated alkanes) is 1. The molecule has 7 heteroatoms. The molecule has 0 bridgehead atoms. The third kappa shape index (κ3) is 6.07. The largest absolute Gasteiger partial charge is 0.322 e. The standard InChI is InChI=1S/C18H21ClN2O3S/c1-3-4-5-13-6-8-14(9-7-13)20-18(22)16-12-15(10-11-17(16)19)21-25(2,23)24/h6-12,21H,3-5H2,1-2H3,(H,20,22). The molecule has 0 radical (unpaired) electrons. The van der Waals surface area contributed by atoms with Gasteiger partial charge in [-0.3, -0.25) is 9.52 Å². The van der Waals surface area contributed by atoms with Crippen molar-refractivity contribution in [2.24, 2.45) is 0 Å². The van der Waals surface area contributed by atoms with Crippen LogP contribution in [0.25, 0.3) is 0 Å². The molecule has 0 saturated heterocycles. The van der Waals surface area contributed by atoms with Crippen LogP contribution in [0.3, 0.4) is 0 Å². The number of halogens is 1. The molecule has 2 N–H and O–H groups in total. The second-order valence-corrected chi connectivity index (χ2v) is 7.98. The van der Waals surface area contributed by atoms with Crippen molar-refractivity contribution in [3.05, 3.63) is 58.6 Å². The van der Waals surface area contributed by atoms with Gasteiger partial charge in [-0.1, -0.05) is 37.1 Å². The van der Waals surface area contributed by atoms with Crippen LogP contribution in [0.2, 0.25) is 5.02 Å². The Morgan fingerprint density at radius 1 is 1.08 bits per heavy atom. The van der Waals surface area contributed by atoms with Gasteiger partial charge in [-0.2, -0.15) is 0 Å². The van der Waals surface area contributed by atoms with Crippen LogP contribution in [0.1, 0.15) is 35.7 Å².